The van der Waals surface area contributed by atoms with Crippen LogP contribution in [-0.4, -0.2) is 48.9 Å². The highest BCUT2D eigenvalue weighted by Crippen LogP contribution is 2.10. The van der Waals surface area contributed by atoms with E-state index in [4.69, 9.17) is 0 Å². The Hall–Kier alpha value is -1.63. The first-order valence-electron chi connectivity index (χ1n) is 6.32. The van der Waals surface area contributed by atoms with Crippen molar-refractivity contribution in [2.24, 2.45) is 0 Å². The lowest BCUT2D eigenvalue weighted by molar-refractivity contribution is 0.193. The van der Waals surface area contributed by atoms with E-state index in [1.807, 2.05) is 12.1 Å². The van der Waals surface area contributed by atoms with Crippen molar-refractivity contribution in [3.8, 4) is 0 Å². The van der Waals surface area contributed by atoms with Crippen LogP contribution in [0, 0.1) is 0 Å². The van der Waals surface area contributed by atoms with Gasteiger partial charge in [0.2, 0.25) is 0 Å². The summed E-state index contributed by atoms with van der Waals surface area (Å²) < 4.78 is 23.0. The number of rotatable bonds is 5. The number of hydrogen-bond acceptors (Lipinski definition) is 4. The molecule has 0 unspecified atom stereocenters. The van der Waals surface area contributed by atoms with Gasteiger partial charge in [-0.1, -0.05) is 0 Å². The normalized spacial score (nSPS) is 14.4. The molecule has 0 aromatic carbocycles. The number of amides is 2. The van der Waals surface area contributed by atoms with Crippen molar-refractivity contribution in [2.45, 2.75) is 31.7 Å². The topological polar surface area (TPSA) is 79.4 Å². The minimum absolute atomic E-state index is 0.301. The van der Waals surface area contributed by atoms with Gasteiger partial charge in [0.05, 0.1) is 5.25 Å². The molecule has 1 rings (SSSR count). The van der Waals surface area contributed by atoms with Gasteiger partial charge < -0.3 is 10.2 Å². The maximum atomic E-state index is 12.0. The highest BCUT2D eigenvalue weighted by molar-refractivity contribution is 7.91. The molecular formula is C13H21N3O3S. The lowest BCUT2D eigenvalue weighted by Gasteiger charge is -2.29. The van der Waals surface area contributed by atoms with Gasteiger partial charge in [-0.3, -0.25) is 4.98 Å². The van der Waals surface area contributed by atoms with E-state index in [0.29, 0.717) is 6.54 Å². The van der Waals surface area contributed by atoms with E-state index in [-0.39, 0.29) is 6.03 Å². The zero-order valence-electron chi connectivity index (χ0n) is 12.2. The van der Waals surface area contributed by atoms with Crippen molar-refractivity contribution < 1.29 is 13.2 Å². The summed E-state index contributed by atoms with van der Waals surface area (Å²) in [6, 6.07) is 2.92. The van der Waals surface area contributed by atoms with E-state index in [1.54, 1.807) is 33.3 Å². The van der Waals surface area contributed by atoms with Gasteiger partial charge in [-0.25, -0.2) is 13.2 Å². The third-order valence-electron chi connectivity index (χ3n) is 3.48. The van der Waals surface area contributed by atoms with Gasteiger partial charge in [0.1, 0.15) is 0 Å². The van der Waals surface area contributed by atoms with Gasteiger partial charge in [-0.05, 0) is 31.5 Å². The second kappa shape index (κ2) is 6.69. The van der Waals surface area contributed by atoms with Crippen LogP contribution in [0.2, 0.25) is 0 Å². The zero-order valence-corrected chi connectivity index (χ0v) is 13.0. The van der Waals surface area contributed by atoms with Crippen molar-refractivity contribution >= 4 is 15.9 Å². The Morgan fingerprint density at radius 2 is 1.90 bits per heavy atom. The third kappa shape index (κ3) is 4.48. The molecular weight excluding hydrogens is 278 g/mol. The molecule has 0 saturated heterocycles. The number of carbonyl (C=O) groups is 1. The molecule has 7 heteroatoms. The molecule has 0 fully saturated rings. The monoisotopic (exact) mass is 299 g/mol. The van der Waals surface area contributed by atoms with Crippen LogP contribution < -0.4 is 5.32 Å². The third-order valence-corrected chi connectivity index (χ3v) is 5.22. The van der Waals surface area contributed by atoms with Crippen LogP contribution in [0.15, 0.2) is 24.5 Å². The fourth-order valence-electron chi connectivity index (χ4n) is 1.66. The molecule has 0 spiro atoms. The number of pyridine rings is 1. The van der Waals surface area contributed by atoms with Gasteiger partial charge in [0, 0.05) is 38.3 Å². The highest BCUT2D eigenvalue weighted by atomic mass is 32.2. The molecule has 0 aliphatic carbocycles. The summed E-state index contributed by atoms with van der Waals surface area (Å²) in [4.78, 5) is 17.3. The Bertz CT molecular complexity index is 545. The summed E-state index contributed by atoms with van der Waals surface area (Å²) >= 11 is 0. The summed E-state index contributed by atoms with van der Waals surface area (Å²) in [6.45, 7) is 3.70. The summed E-state index contributed by atoms with van der Waals surface area (Å²) in [7, 11) is -1.59. The molecule has 0 aliphatic heterocycles. The average molecular weight is 299 g/mol. The minimum atomic E-state index is -3.18. The first-order valence-corrected chi connectivity index (χ1v) is 8.27. The Kier molecular flexibility index (Phi) is 5.50. The summed E-state index contributed by atoms with van der Waals surface area (Å²) in [5.41, 5.74) is 0.936. The second-order valence-electron chi connectivity index (χ2n) is 4.90. The maximum Gasteiger partial charge on any atom is 0.317 e. The van der Waals surface area contributed by atoms with Crippen molar-refractivity contribution in [3.05, 3.63) is 30.1 Å². The lowest BCUT2D eigenvalue weighted by atomic mass is 10.2. The quantitative estimate of drug-likeness (QED) is 0.881. The van der Waals surface area contributed by atoms with E-state index in [0.717, 1.165) is 5.56 Å². The molecule has 2 amide bonds. The number of urea groups is 1. The lowest BCUT2D eigenvalue weighted by Crippen LogP contribution is -2.48. The zero-order chi connectivity index (χ0) is 15.3. The van der Waals surface area contributed by atoms with E-state index >= 15 is 0 Å². The second-order valence-corrected chi connectivity index (χ2v) is 7.30. The van der Waals surface area contributed by atoms with Gasteiger partial charge in [0.15, 0.2) is 9.84 Å². The highest BCUT2D eigenvalue weighted by Gasteiger charge is 2.27. The van der Waals surface area contributed by atoms with Crippen LogP contribution in [0.4, 0.5) is 4.79 Å². The Morgan fingerprint density at radius 3 is 2.40 bits per heavy atom. The molecule has 0 bridgehead atoms. The Morgan fingerprint density at radius 1 is 1.35 bits per heavy atom. The summed E-state index contributed by atoms with van der Waals surface area (Å²) in [6.07, 6.45) is 4.48. The van der Waals surface area contributed by atoms with Gasteiger partial charge in [-0.2, -0.15) is 0 Å². The molecule has 20 heavy (non-hydrogen) atoms. The summed E-state index contributed by atoms with van der Waals surface area (Å²) in [5.74, 6) is 0. The number of aromatic nitrogens is 1. The Balaban J connectivity index is 2.59. The van der Waals surface area contributed by atoms with Crippen LogP contribution >= 0.6 is 0 Å². The maximum absolute atomic E-state index is 12.0. The van der Waals surface area contributed by atoms with Crippen LogP contribution in [0.25, 0.3) is 0 Å². The van der Waals surface area contributed by atoms with Crippen molar-refractivity contribution in [1.29, 1.82) is 0 Å². The van der Waals surface area contributed by atoms with Crippen molar-refractivity contribution in [1.82, 2.24) is 15.2 Å². The number of sulfone groups is 1. The molecule has 2 atom stereocenters. The first-order chi connectivity index (χ1) is 9.23. The molecule has 6 nitrogen and oxygen atoms in total. The Labute approximate surface area is 120 Å². The number of hydrogen-bond donors (Lipinski definition) is 1. The minimum Gasteiger partial charge on any atom is -0.334 e. The predicted octanol–water partition coefficient (Wildman–Crippen LogP) is 1.04. The van der Waals surface area contributed by atoms with E-state index in [9.17, 15) is 13.2 Å². The first kappa shape index (κ1) is 16.4. The number of carbonyl (C=O) groups excluding carboxylic acids is 1. The smallest absolute Gasteiger partial charge is 0.317 e. The van der Waals surface area contributed by atoms with E-state index < -0.39 is 21.1 Å². The van der Waals surface area contributed by atoms with Crippen LogP contribution in [0.1, 0.15) is 19.4 Å². The largest absolute Gasteiger partial charge is 0.334 e. The molecule has 1 N–H and O–H groups in total. The molecule has 1 heterocycles. The SMILES string of the molecule is C[C@H]([C@H](C)N(C)C(=O)NCc1ccncc1)S(C)(=O)=O. The van der Waals surface area contributed by atoms with Crippen molar-refractivity contribution in [3.63, 3.8) is 0 Å². The summed E-state index contributed by atoms with van der Waals surface area (Å²) in [5, 5.41) is 2.14. The van der Waals surface area contributed by atoms with Gasteiger partial charge in [-0.15, -0.1) is 0 Å². The molecule has 112 valence electrons. The number of nitrogens with one attached hydrogen (secondary N) is 1. The predicted molar refractivity (Wildman–Crippen MR) is 78.0 cm³/mol. The molecule has 0 radical (unpaired) electrons. The van der Waals surface area contributed by atoms with E-state index in [1.165, 1.54) is 11.2 Å². The van der Waals surface area contributed by atoms with E-state index in [2.05, 4.69) is 10.3 Å². The van der Waals surface area contributed by atoms with Crippen molar-refractivity contribution in [2.75, 3.05) is 13.3 Å². The van der Waals surface area contributed by atoms with Gasteiger partial charge >= 0.3 is 6.03 Å². The van der Waals surface area contributed by atoms with Crippen LogP contribution in [0.5, 0.6) is 0 Å². The van der Waals surface area contributed by atoms with Crippen LogP contribution in [-0.2, 0) is 16.4 Å². The molecule has 1 aromatic heterocycles. The number of nitrogens with zero attached hydrogens (tertiary/aromatic N) is 2. The fourth-order valence-corrected chi connectivity index (χ4v) is 2.56. The average Bonchev–Trinajstić information content (AvgIpc) is 2.42. The standard InChI is InChI=1S/C13H21N3O3S/c1-10(11(2)20(4,18)19)16(3)13(17)15-9-12-5-7-14-8-6-12/h5-8,10-11H,9H2,1-4H3,(H,15,17)/t10-,11+/m0/s1. The van der Waals surface area contributed by atoms with Gasteiger partial charge in [0.25, 0.3) is 0 Å². The molecule has 1 aromatic rings. The van der Waals surface area contributed by atoms with Crippen LogP contribution in [0.3, 0.4) is 0 Å². The fraction of sp³-hybridized carbons (Fsp3) is 0.538. The molecule has 0 aliphatic rings. The molecule has 0 saturated carbocycles.